The van der Waals surface area contributed by atoms with Crippen molar-refractivity contribution >= 4 is 29.3 Å². The molecule has 3 heterocycles. The molecule has 1 saturated carbocycles. The second kappa shape index (κ2) is 12.8. The summed E-state index contributed by atoms with van der Waals surface area (Å²) in [6, 6.07) is 10.5. The lowest BCUT2D eigenvalue weighted by Crippen LogP contribution is -2.37. The van der Waals surface area contributed by atoms with E-state index in [1.165, 1.54) is 0 Å². The summed E-state index contributed by atoms with van der Waals surface area (Å²) in [7, 11) is 0. The van der Waals surface area contributed by atoms with Crippen molar-refractivity contribution in [3.63, 3.8) is 0 Å². The molecular weight excluding hydrogens is 516 g/mol. The molecule has 2 fully saturated rings. The van der Waals surface area contributed by atoms with E-state index >= 15 is 0 Å². The number of nitrogens with zero attached hydrogens (tertiary/aromatic N) is 3. The second-order valence-electron chi connectivity index (χ2n) is 11.6. The number of ether oxygens (including phenoxy) is 2. The highest BCUT2D eigenvalue weighted by atomic mass is 35.5. The fourth-order valence-corrected chi connectivity index (χ4v) is 5.21. The van der Waals surface area contributed by atoms with Crippen LogP contribution in [0.3, 0.4) is 0 Å². The Hall–Kier alpha value is -3.09. The first-order valence-electron chi connectivity index (χ1n) is 13.7. The lowest BCUT2D eigenvalue weighted by molar-refractivity contribution is 0.0455. The third-order valence-corrected chi connectivity index (χ3v) is 7.61. The Kier molecular flexibility index (Phi) is 9.52. The maximum Gasteiger partial charge on any atom is 0.407 e. The lowest BCUT2D eigenvalue weighted by Gasteiger charge is -2.30. The standard InChI is InChI=1S/C29H39ClN6O3/c1-28(2,3)39-27(37)33-16-20-7-9-21(10-8-20)35-26-15-22(23(30)17-32-26)24-5-4-6-25(36-24)34-19-29(18-31)11-13-38-14-12-29/h4-6,15,17,20-21H,7-14,16,19H2,1-3H3,(H,32,35)(H,33,37)(H,34,36). The fraction of sp³-hybridized carbons (Fsp3) is 0.586. The molecule has 0 spiro atoms. The van der Waals surface area contributed by atoms with Gasteiger partial charge >= 0.3 is 6.09 Å². The third kappa shape index (κ3) is 8.45. The Bertz CT molecular complexity index is 1160. The van der Waals surface area contributed by atoms with E-state index in [1.807, 2.05) is 45.0 Å². The number of carbonyl (C=O) groups is 1. The van der Waals surface area contributed by atoms with Gasteiger partial charge in [-0.05, 0) is 83.4 Å². The number of pyridine rings is 2. The number of anilines is 2. The minimum Gasteiger partial charge on any atom is -0.444 e. The molecule has 1 aliphatic heterocycles. The largest absolute Gasteiger partial charge is 0.444 e. The molecule has 39 heavy (non-hydrogen) atoms. The van der Waals surface area contributed by atoms with Crippen molar-refractivity contribution in [3.05, 3.63) is 35.5 Å². The van der Waals surface area contributed by atoms with Gasteiger partial charge in [0.15, 0.2) is 0 Å². The van der Waals surface area contributed by atoms with Crippen LogP contribution >= 0.6 is 11.6 Å². The number of rotatable bonds is 8. The molecule has 4 rings (SSSR count). The predicted molar refractivity (Wildman–Crippen MR) is 153 cm³/mol. The molecule has 1 saturated heterocycles. The predicted octanol–water partition coefficient (Wildman–Crippen LogP) is 6.02. The maximum atomic E-state index is 12.0. The van der Waals surface area contributed by atoms with Crippen molar-refractivity contribution < 1.29 is 14.3 Å². The number of hydrogen-bond donors (Lipinski definition) is 3. The molecule has 10 heteroatoms. The Morgan fingerprint density at radius 2 is 1.95 bits per heavy atom. The molecule has 2 aliphatic rings. The SMILES string of the molecule is CC(C)(C)OC(=O)NCC1CCC(Nc2cc(-c3cccc(NCC4(C#N)CCOCC4)n3)c(Cl)cn2)CC1. The summed E-state index contributed by atoms with van der Waals surface area (Å²) in [4.78, 5) is 21.2. The van der Waals surface area contributed by atoms with E-state index in [-0.39, 0.29) is 6.09 Å². The normalized spacial score (nSPS) is 20.9. The van der Waals surface area contributed by atoms with Gasteiger partial charge in [-0.15, -0.1) is 0 Å². The lowest BCUT2D eigenvalue weighted by atomic mass is 9.82. The zero-order chi connectivity index (χ0) is 27.9. The van der Waals surface area contributed by atoms with Crippen LogP contribution in [0.25, 0.3) is 11.3 Å². The van der Waals surface area contributed by atoms with Crippen LogP contribution in [0.2, 0.25) is 5.02 Å². The number of amides is 1. The van der Waals surface area contributed by atoms with Gasteiger partial charge in [0, 0.05) is 44.1 Å². The molecule has 2 aromatic heterocycles. The molecule has 1 aliphatic carbocycles. The Morgan fingerprint density at radius 3 is 2.64 bits per heavy atom. The highest BCUT2D eigenvalue weighted by Crippen LogP contribution is 2.32. The summed E-state index contributed by atoms with van der Waals surface area (Å²) in [6.07, 6.45) is 6.73. The van der Waals surface area contributed by atoms with Crippen LogP contribution in [-0.4, -0.2) is 54.0 Å². The van der Waals surface area contributed by atoms with E-state index in [2.05, 4.69) is 27.0 Å². The van der Waals surface area contributed by atoms with E-state index in [4.69, 9.17) is 26.1 Å². The van der Waals surface area contributed by atoms with Crippen LogP contribution in [0, 0.1) is 22.7 Å². The van der Waals surface area contributed by atoms with Crippen LogP contribution in [0.5, 0.6) is 0 Å². The van der Waals surface area contributed by atoms with E-state index in [0.29, 0.717) is 61.9 Å². The maximum absolute atomic E-state index is 12.0. The van der Waals surface area contributed by atoms with Gasteiger partial charge in [0.2, 0.25) is 0 Å². The number of alkyl carbamates (subject to hydrolysis) is 1. The van der Waals surface area contributed by atoms with E-state index in [9.17, 15) is 10.1 Å². The number of halogens is 1. The van der Waals surface area contributed by atoms with Gasteiger partial charge in [-0.1, -0.05) is 17.7 Å². The van der Waals surface area contributed by atoms with Gasteiger partial charge in [-0.3, -0.25) is 0 Å². The van der Waals surface area contributed by atoms with E-state index in [1.54, 1.807) is 6.20 Å². The quantitative estimate of drug-likeness (QED) is 0.362. The van der Waals surface area contributed by atoms with Gasteiger partial charge in [0.05, 0.1) is 22.2 Å². The molecular formula is C29H39ClN6O3. The number of aromatic nitrogens is 2. The first-order valence-corrected chi connectivity index (χ1v) is 14.1. The first kappa shape index (κ1) is 28.9. The molecule has 3 N–H and O–H groups in total. The van der Waals surface area contributed by atoms with Gasteiger partial charge in [0.25, 0.3) is 0 Å². The summed E-state index contributed by atoms with van der Waals surface area (Å²) < 4.78 is 10.8. The molecule has 1 amide bonds. The number of carbonyl (C=O) groups excluding carboxylic acids is 1. The minimum atomic E-state index is -0.492. The van der Waals surface area contributed by atoms with Crippen molar-refractivity contribution in [2.75, 3.05) is 36.9 Å². The number of hydrogen-bond acceptors (Lipinski definition) is 8. The van der Waals surface area contributed by atoms with Gasteiger partial charge in [-0.2, -0.15) is 5.26 Å². The summed E-state index contributed by atoms with van der Waals surface area (Å²) >= 11 is 6.54. The molecule has 210 valence electrons. The summed E-state index contributed by atoms with van der Waals surface area (Å²) in [6.45, 7) is 7.96. The summed E-state index contributed by atoms with van der Waals surface area (Å²) in [5.41, 5.74) is 0.611. The zero-order valence-electron chi connectivity index (χ0n) is 23.1. The van der Waals surface area contributed by atoms with Crippen molar-refractivity contribution in [1.82, 2.24) is 15.3 Å². The van der Waals surface area contributed by atoms with Gasteiger partial charge in [-0.25, -0.2) is 14.8 Å². The molecule has 0 bridgehead atoms. The molecule has 0 radical (unpaired) electrons. The summed E-state index contributed by atoms with van der Waals surface area (Å²) in [5, 5.41) is 20.1. The smallest absolute Gasteiger partial charge is 0.407 e. The van der Waals surface area contributed by atoms with Crippen molar-refractivity contribution in [2.24, 2.45) is 11.3 Å². The molecule has 9 nitrogen and oxygen atoms in total. The number of nitrogens with one attached hydrogen (secondary N) is 3. The van der Waals surface area contributed by atoms with Crippen molar-refractivity contribution in [3.8, 4) is 17.3 Å². The Morgan fingerprint density at radius 1 is 1.21 bits per heavy atom. The monoisotopic (exact) mass is 554 g/mol. The fourth-order valence-electron chi connectivity index (χ4n) is 5.01. The summed E-state index contributed by atoms with van der Waals surface area (Å²) in [5.74, 6) is 1.90. The van der Waals surface area contributed by atoms with Crippen LogP contribution < -0.4 is 16.0 Å². The molecule has 0 unspecified atom stereocenters. The first-order chi connectivity index (χ1) is 18.6. The van der Waals surface area contributed by atoms with E-state index in [0.717, 1.165) is 42.8 Å². The van der Waals surface area contributed by atoms with Crippen LogP contribution in [0.15, 0.2) is 30.5 Å². The third-order valence-electron chi connectivity index (χ3n) is 7.31. The average molecular weight is 555 g/mol. The Balaban J connectivity index is 1.32. The van der Waals surface area contributed by atoms with Gasteiger partial charge in [0.1, 0.15) is 17.2 Å². The van der Waals surface area contributed by atoms with Crippen molar-refractivity contribution in [1.29, 1.82) is 5.26 Å². The van der Waals surface area contributed by atoms with Gasteiger partial charge < -0.3 is 25.4 Å². The zero-order valence-corrected chi connectivity index (χ0v) is 23.8. The van der Waals surface area contributed by atoms with Crippen molar-refractivity contribution in [2.45, 2.75) is 70.9 Å². The molecule has 0 atom stereocenters. The average Bonchev–Trinajstić information content (AvgIpc) is 2.92. The van der Waals surface area contributed by atoms with Crippen LogP contribution in [0.1, 0.15) is 59.3 Å². The number of nitriles is 1. The molecule has 0 aromatic carbocycles. The second-order valence-corrected chi connectivity index (χ2v) is 12.0. The minimum absolute atomic E-state index is 0.298. The van der Waals surface area contributed by atoms with Crippen LogP contribution in [0.4, 0.5) is 16.4 Å². The highest BCUT2D eigenvalue weighted by Gasteiger charge is 2.32. The topological polar surface area (TPSA) is 121 Å². The highest BCUT2D eigenvalue weighted by molar-refractivity contribution is 6.33. The van der Waals surface area contributed by atoms with E-state index < -0.39 is 11.0 Å². The Labute approximate surface area is 236 Å². The molecule has 2 aromatic rings. The van der Waals surface area contributed by atoms with Crippen LogP contribution in [-0.2, 0) is 9.47 Å².